The first-order valence-corrected chi connectivity index (χ1v) is 34.9. The molecule has 1 amide bonds. The van der Waals surface area contributed by atoms with Crippen molar-refractivity contribution in [1.29, 1.82) is 0 Å². The molecule has 0 atom stereocenters. The maximum atomic E-state index is 13.4. The zero-order valence-electron chi connectivity index (χ0n) is 59.4. The number of aromatic hydroxyl groups is 2. The Morgan fingerprint density at radius 3 is 1.25 bits per heavy atom. The number of anilines is 5. The van der Waals surface area contributed by atoms with Gasteiger partial charge >= 0.3 is 0 Å². The third-order valence-corrected chi connectivity index (χ3v) is 18.1. The summed E-state index contributed by atoms with van der Waals surface area (Å²) in [6.07, 6.45) is 10.5. The van der Waals surface area contributed by atoms with Gasteiger partial charge in [-0.2, -0.15) is 10.2 Å². The SMILES string of the molecule is Cc1ccc(N(c2ccc(C)cc2)c2ccc(C=C(c3ccccc3)c3ccccc3)cc2)cc1.Cc1ccc(NOCc2cc3ccccc3c(N=Nc3ccc(C=Cc4ccc(C=Cc5ccc(N=Nc6c(O)c(C(=O)Nc7ccc(C)cc7C)cc7ccccc67)cc5)cc4)cc3)c2O)c(C)c1. The minimum atomic E-state index is -0.432. The highest BCUT2D eigenvalue weighted by atomic mass is 16.6. The van der Waals surface area contributed by atoms with E-state index in [-0.39, 0.29) is 29.4 Å². The molecule has 0 aliphatic rings. The smallest absolute Gasteiger partial charge is 0.259 e. The molecule has 14 rings (SSSR count). The number of nitrogens with zero attached hydrogens (tertiary/aromatic N) is 5. The van der Waals surface area contributed by atoms with Crippen molar-refractivity contribution < 1.29 is 19.8 Å². The molecule has 0 aromatic heterocycles. The van der Waals surface area contributed by atoms with Gasteiger partial charge in [0.25, 0.3) is 5.91 Å². The van der Waals surface area contributed by atoms with Crippen LogP contribution in [0.25, 0.3) is 57.5 Å². The molecule has 14 aromatic rings. The lowest BCUT2D eigenvalue weighted by molar-refractivity contribution is 0.102. The van der Waals surface area contributed by atoms with E-state index in [0.29, 0.717) is 33.7 Å². The molecule has 0 radical (unpaired) electrons. The molecule has 0 saturated heterocycles. The van der Waals surface area contributed by atoms with E-state index in [1.165, 1.54) is 39.0 Å². The molecule has 11 heteroatoms. The van der Waals surface area contributed by atoms with Crippen molar-refractivity contribution in [3.8, 4) is 11.5 Å². The fourth-order valence-corrected chi connectivity index (χ4v) is 12.4. The molecule has 0 fully saturated rings. The van der Waals surface area contributed by atoms with Gasteiger partial charge in [0.2, 0.25) is 0 Å². The second-order valence-electron chi connectivity index (χ2n) is 26.1. The molecule has 0 heterocycles. The minimum Gasteiger partial charge on any atom is -0.505 e. The highest BCUT2D eigenvalue weighted by Crippen LogP contribution is 2.43. The van der Waals surface area contributed by atoms with Crippen LogP contribution in [-0.4, -0.2) is 16.1 Å². The van der Waals surface area contributed by atoms with E-state index in [4.69, 9.17) is 4.84 Å². The van der Waals surface area contributed by atoms with E-state index in [9.17, 15) is 15.0 Å². The van der Waals surface area contributed by atoms with Crippen LogP contribution in [0.4, 0.5) is 51.2 Å². The van der Waals surface area contributed by atoms with Gasteiger partial charge in [-0.1, -0.05) is 265 Å². The molecule has 0 aliphatic heterocycles. The number of benzene rings is 14. The molecule has 14 aromatic carbocycles. The zero-order chi connectivity index (χ0) is 72.6. The number of azo groups is 2. The van der Waals surface area contributed by atoms with Crippen molar-refractivity contribution in [3.63, 3.8) is 0 Å². The van der Waals surface area contributed by atoms with E-state index in [0.717, 1.165) is 77.9 Å². The number of fused-ring (bicyclic) bond motifs is 2. The van der Waals surface area contributed by atoms with Gasteiger partial charge in [0.15, 0.2) is 5.75 Å². The summed E-state index contributed by atoms with van der Waals surface area (Å²) in [7, 11) is 0. The Morgan fingerprint density at radius 1 is 0.390 bits per heavy atom. The summed E-state index contributed by atoms with van der Waals surface area (Å²) in [5.41, 5.74) is 26.2. The van der Waals surface area contributed by atoms with Crippen molar-refractivity contribution in [1.82, 2.24) is 0 Å². The van der Waals surface area contributed by atoms with Gasteiger partial charge in [-0.25, -0.2) is 0 Å². The largest absolute Gasteiger partial charge is 0.505 e. The summed E-state index contributed by atoms with van der Waals surface area (Å²) in [5.74, 6) is -0.646. The maximum absolute atomic E-state index is 13.4. The number of hydrogen-bond acceptors (Lipinski definition) is 10. The van der Waals surface area contributed by atoms with Gasteiger partial charge in [0.1, 0.15) is 23.7 Å². The summed E-state index contributed by atoms with van der Waals surface area (Å²) in [4.78, 5) is 21.5. The van der Waals surface area contributed by atoms with E-state index >= 15 is 0 Å². The molecule has 4 N–H and O–H groups in total. The lowest BCUT2D eigenvalue weighted by Crippen LogP contribution is -2.13. The standard InChI is InChI=1S/C60H50N6O4.C34H29N/c1-38-13-31-54(40(3)33-38)61-60(69)53-36-47-10-6-8-12-52(47)57(59(53)68)65-63-50-29-25-45(26-30-50)22-20-43-17-15-42(16-18-43)19-21-44-23-27-49(28-24-44)62-64-56-51-11-7-5-9-46(51)35-48(58(56)67)37-70-66-55-32-14-39(2)34-41(55)4;1-26-13-19-31(20-14-26)35(32-21-15-27(2)16-22-32)33-23-17-28(18-24-33)25-34(29-9-5-3-6-10-29)30-11-7-4-8-12-30/h5-36,66-68H,37H2,1-4H3,(H,61,69);3-25H,1-2H3. The van der Waals surface area contributed by atoms with Crippen LogP contribution >= 0.6 is 0 Å². The Kier molecular flexibility index (Phi) is 22.0. The molecular weight excluding hydrogens is 1290 g/mol. The number of hydrogen-bond donors (Lipinski definition) is 4. The molecule has 0 bridgehead atoms. The Bertz CT molecular complexity index is 5450. The van der Waals surface area contributed by atoms with Crippen LogP contribution < -0.4 is 15.7 Å². The summed E-state index contributed by atoms with van der Waals surface area (Å²) >= 11 is 0. The summed E-state index contributed by atoms with van der Waals surface area (Å²) in [6.45, 7) is 12.4. The average Bonchev–Trinajstić information content (AvgIpc) is 0.787. The normalized spacial score (nSPS) is 11.4. The minimum absolute atomic E-state index is 0.0226. The molecule has 105 heavy (non-hydrogen) atoms. The van der Waals surface area contributed by atoms with E-state index in [1.807, 2.05) is 179 Å². The molecular formula is C94H79N7O4. The number of phenols is 2. The quantitative estimate of drug-likeness (QED) is 0.0340. The molecule has 514 valence electrons. The fraction of sp³-hybridized carbons (Fsp3) is 0.0745. The topological polar surface area (TPSA) is 144 Å². The van der Waals surface area contributed by atoms with Gasteiger partial charge in [0, 0.05) is 39.1 Å². The van der Waals surface area contributed by atoms with E-state index in [2.05, 4.69) is 226 Å². The molecule has 0 saturated carbocycles. The molecule has 0 unspecified atom stereocenters. The summed E-state index contributed by atoms with van der Waals surface area (Å²) in [6, 6.07) is 102. The van der Waals surface area contributed by atoms with Crippen LogP contribution in [0.1, 0.15) is 88.2 Å². The third kappa shape index (κ3) is 17.7. The Labute approximate surface area is 613 Å². The number of rotatable bonds is 20. The second-order valence-corrected chi connectivity index (χ2v) is 26.1. The lowest BCUT2D eigenvalue weighted by atomic mass is 9.95. The highest BCUT2D eigenvalue weighted by molar-refractivity contribution is 6.12. The van der Waals surface area contributed by atoms with E-state index in [1.54, 1.807) is 6.07 Å². The number of carbonyl (C=O) groups is 1. The predicted molar refractivity (Wildman–Crippen MR) is 435 cm³/mol. The first-order chi connectivity index (χ1) is 51.2. The van der Waals surface area contributed by atoms with Gasteiger partial charge < -0.3 is 20.4 Å². The monoisotopic (exact) mass is 1370 g/mol. The Hall–Kier alpha value is -13.4. The molecule has 11 nitrogen and oxygen atoms in total. The van der Waals surface area contributed by atoms with Crippen LogP contribution in [0, 0.1) is 41.5 Å². The maximum Gasteiger partial charge on any atom is 0.259 e. The third-order valence-electron chi connectivity index (χ3n) is 18.1. The van der Waals surface area contributed by atoms with Crippen molar-refractivity contribution >= 4 is 115 Å². The van der Waals surface area contributed by atoms with Gasteiger partial charge in [-0.3, -0.25) is 15.1 Å². The average molecular weight is 1370 g/mol. The molecule has 0 spiro atoms. The number of carbonyl (C=O) groups excluding carboxylic acids is 1. The number of aryl methyl sites for hydroxylation is 6. The zero-order valence-corrected chi connectivity index (χ0v) is 59.4. The molecule has 0 aliphatic carbocycles. The van der Waals surface area contributed by atoms with Crippen molar-refractivity contribution in [2.45, 2.75) is 48.1 Å². The number of phenolic OH excluding ortho intramolecular Hbond substituents is 2. The van der Waals surface area contributed by atoms with E-state index < -0.39 is 5.91 Å². The number of nitrogens with one attached hydrogen (secondary N) is 2. The van der Waals surface area contributed by atoms with Gasteiger partial charge in [-0.05, 0) is 199 Å². The van der Waals surface area contributed by atoms with Crippen LogP contribution in [0.2, 0.25) is 0 Å². The first kappa shape index (κ1) is 70.1. The van der Waals surface area contributed by atoms with Gasteiger partial charge in [-0.15, -0.1) is 10.2 Å². The van der Waals surface area contributed by atoms with Crippen LogP contribution in [0.5, 0.6) is 11.5 Å². The van der Waals surface area contributed by atoms with Crippen LogP contribution in [0.15, 0.2) is 324 Å². The first-order valence-electron chi connectivity index (χ1n) is 34.9. The predicted octanol–water partition coefficient (Wildman–Crippen LogP) is 26.0. The summed E-state index contributed by atoms with van der Waals surface area (Å²) in [5, 5.41) is 46.7. The van der Waals surface area contributed by atoms with Crippen molar-refractivity contribution in [2.75, 3.05) is 15.7 Å². The van der Waals surface area contributed by atoms with Crippen molar-refractivity contribution in [2.24, 2.45) is 20.5 Å². The fourth-order valence-electron chi connectivity index (χ4n) is 12.4. The van der Waals surface area contributed by atoms with Gasteiger partial charge in [0.05, 0.1) is 22.6 Å². The van der Waals surface area contributed by atoms with Crippen molar-refractivity contribution in [3.05, 3.63) is 387 Å². The number of amides is 1. The summed E-state index contributed by atoms with van der Waals surface area (Å²) < 4.78 is 0. The lowest BCUT2D eigenvalue weighted by Gasteiger charge is -2.26. The Balaban J connectivity index is 0.000000233. The second kappa shape index (κ2) is 33.0. The highest BCUT2D eigenvalue weighted by Gasteiger charge is 2.21. The van der Waals surface area contributed by atoms with Crippen LogP contribution in [0.3, 0.4) is 0 Å². The van der Waals surface area contributed by atoms with Crippen LogP contribution in [-0.2, 0) is 11.4 Å². The Morgan fingerprint density at radius 2 is 0.781 bits per heavy atom.